The zero-order valence-corrected chi connectivity index (χ0v) is 13.5. The number of carbonyl (C=O) groups excluding carboxylic acids is 2. The SMILES string of the molecule is CC(C)Oc1ccc(NC(=O)N[C@H]2CCN(C3CC3)C2=O)cc1. The summed E-state index contributed by atoms with van der Waals surface area (Å²) in [4.78, 5) is 26.1. The standard InChI is InChI=1S/C17H23N3O3/c1-11(2)23-14-7-3-12(4-8-14)18-17(22)19-15-9-10-20(16(15)21)13-5-6-13/h3-4,7-8,11,13,15H,5-6,9-10H2,1-2H3,(H2,18,19,22)/t15-/m0/s1. The summed E-state index contributed by atoms with van der Waals surface area (Å²) in [7, 11) is 0. The summed E-state index contributed by atoms with van der Waals surface area (Å²) in [5.41, 5.74) is 0.670. The highest BCUT2D eigenvalue weighted by Gasteiger charge is 2.40. The Labute approximate surface area is 136 Å². The first-order valence-corrected chi connectivity index (χ1v) is 8.17. The number of urea groups is 1. The van der Waals surface area contributed by atoms with Gasteiger partial charge in [0.15, 0.2) is 0 Å². The molecule has 2 N–H and O–H groups in total. The van der Waals surface area contributed by atoms with E-state index in [9.17, 15) is 9.59 Å². The van der Waals surface area contributed by atoms with Crippen molar-refractivity contribution in [3.63, 3.8) is 0 Å². The van der Waals surface area contributed by atoms with Crippen LogP contribution < -0.4 is 15.4 Å². The topological polar surface area (TPSA) is 70.7 Å². The van der Waals surface area contributed by atoms with E-state index in [1.54, 1.807) is 12.1 Å². The summed E-state index contributed by atoms with van der Waals surface area (Å²) >= 11 is 0. The molecule has 0 spiro atoms. The Morgan fingerprint density at radius 3 is 2.52 bits per heavy atom. The van der Waals surface area contributed by atoms with Crippen molar-refractivity contribution in [2.75, 3.05) is 11.9 Å². The monoisotopic (exact) mass is 317 g/mol. The number of nitrogens with zero attached hydrogens (tertiary/aromatic N) is 1. The number of benzene rings is 1. The van der Waals surface area contributed by atoms with Gasteiger partial charge in [-0.1, -0.05) is 0 Å². The highest BCUT2D eigenvalue weighted by Crippen LogP contribution is 2.30. The van der Waals surface area contributed by atoms with Crippen LogP contribution in [0.2, 0.25) is 0 Å². The van der Waals surface area contributed by atoms with E-state index >= 15 is 0 Å². The van der Waals surface area contributed by atoms with Crippen molar-refractivity contribution < 1.29 is 14.3 Å². The molecule has 124 valence electrons. The second kappa shape index (κ2) is 6.48. The van der Waals surface area contributed by atoms with Gasteiger partial charge in [-0.3, -0.25) is 4.79 Å². The lowest BCUT2D eigenvalue weighted by Gasteiger charge is -2.16. The summed E-state index contributed by atoms with van der Waals surface area (Å²) < 4.78 is 5.56. The van der Waals surface area contributed by atoms with Crippen molar-refractivity contribution in [2.45, 2.75) is 51.3 Å². The molecule has 1 aliphatic carbocycles. The van der Waals surface area contributed by atoms with Crippen LogP contribution in [0.25, 0.3) is 0 Å². The van der Waals surface area contributed by atoms with Gasteiger partial charge in [-0.05, 0) is 57.4 Å². The molecule has 6 heteroatoms. The van der Waals surface area contributed by atoms with E-state index in [-0.39, 0.29) is 18.0 Å². The van der Waals surface area contributed by atoms with Gasteiger partial charge >= 0.3 is 6.03 Å². The minimum atomic E-state index is -0.404. The normalized spacial score (nSPS) is 20.7. The molecule has 2 fully saturated rings. The average Bonchev–Trinajstić information content (AvgIpc) is 3.27. The first-order valence-electron chi connectivity index (χ1n) is 8.17. The molecule has 6 nitrogen and oxygen atoms in total. The Bertz CT molecular complexity index is 581. The van der Waals surface area contributed by atoms with Crippen LogP contribution in [-0.2, 0) is 4.79 Å². The molecule has 3 amide bonds. The van der Waals surface area contributed by atoms with E-state index in [1.165, 1.54) is 0 Å². The largest absolute Gasteiger partial charge is 0.491 e. The van der Waals surface area contributed by atoms with E-state index < -0.39 is 6.04 Å². The Balaban J connectivity index is 1.50. The summed E-state index contributed by atoms with van der Waals surface area (Å²) in [6, 6.07) is 6.84. The number of anilines is 1. The molecule has 0 bridgehead atoms. The Morgan fingerprint density at radius 1 is 1.22 bits per heavy atom. The molecule has 1 aliphatic heterocycles. The van der Waals surface area contributed by atoms with Crippen molar-refractivity contribution >= 4 is 17.6 Å². The van der Waals surface area contributed by atoms with Gasteiger partial charge in [-0.2, -0.15) is 0 Å². The number of ether oxygens (including phenoxy) is 1. The number of rotatable bonds is 5. The fourth-order valence-corrected chi connectivity index (χ4v) is 2.80. The quantitative estimate of drug-likeness (QED) is 0.876. The first-order chi connectivity index (χ1) is 11.0. The summed E-state index contributed by atoms with van der Waals surface area (Å²) in [5.74, 6) is 0.806. The van der Waals surface area contributed by atoms with Crippen LogP contribution in [0.5, 0.6) is 5.75 Å². The van der Waals surface area contributed by atoms with Crippen LogP contribution in [0.4, 0.5) is 10.5 Å². The van der Waals surface area contributed by atoms with E-state index in [2.05, 4.69) is 10.6 Å². The lowest BCUT2D eigenvalue weighted by molar-refractivity contribution is -0.129. The van der Waals surface area contributed by atoms with Gasteiger partial charge in [0.25, 0.3) is 0 Å². The zero-order chi connectivity index (χ0) is 16.4. The number of amides is 3. The second-order valence-corrected chi connectivity index (χ2v) is 6.39. The molecular formula is C17H23N3O3. The molecule has 23 heavy (non-hydrogen) atoms. The molecule has 1 atom stereocenters. The van der Waals surface area contributed by atoms with Crippen LogP contribution in [0, 0.1) is 0 Å². The summed E-state index contributed by atoms with van der Waals surface area (Å²) in [6.45, 7) is 4.67. The summed E-state index contributed by atoms with van der Waals surface area (Å²) in [6.07, 6.45) is 2.98. The number of carbonyl (C=O) groups is 2. The minimum Gasteiger partial charge on any atom is -0.491 e. The van der Waals surface area contributed by atoms with E-state index in [0.29, 0.717) is 18.2 Å². The molecule has 1 saturated carbocycles. The molecule has 1 aromatic carbocycles. The fourth-order valence-electron chi connectivity index (χ4n) is 2.80. The minimum absolute atomic E-state index is 0.0448. The van der Waals surface area contributed by atoms with Crippen molar-refractivity contribution in [3.05, 3.63) is 24.3 Å². The van der Waals surface area contributed by atoms with Crippen LogP contribution in [0.15, 0.2) is 24.3 Å². The molecule has 1 aromatic rings. The lowest BCUT2D eigenvalue weighted by Crippen LogP contribution is -2.43. The Hall–Kier alpha value is -2.24. The van der Waals surface area contributed by atoms with Crippen LogP contribution in [0.3, 0.4) is 0 Å². The van der Waals surface area contributed by atoms with Crippen LogP contribution >= 0.6 is 0 Å². The molecule has 0 aromatic heterocycles. The van der Waals surface area contributed by atoms with Gasteiger partial charge < -0.3 is 20.3 Å². The molecular weight excluding hydrogens is 294 g/mol. The predicted molar refractivity (Wildman–Crippen MR) is 87.5 cm³/mol. The highest BCUT2D eigenvalue weighted by molar-refractivity contribution is 5.94. The zero-order valence-electron chi connectivity index (χ0n) is 13.5. The highest BCUT2D eigenvalue weighted by atomic mass is 16.5. The van der Waals surface area contributed by atoms with Crippen LogP contribution in [-0.4, -0.2) is 41.6 Å². The third-order valence-electron chi connectivity index (χ3n) is 4.02. The van der Waals surface area contributed by atoms with Gasteiger partial charge in [0.05, 0.1) is 6.10 Å². The van der Waals surface area contributed by atoms with Crippen LogP contribution in [0.1, 0.15) is 33.1 Å². The molecule has 0 unspecified atom stereocenters. The third-order valence-corrected chi connectivity index (χ3v) is 4.02. The number of hydrogen-bond acceptors (Lipinski definition) is 3. The van der Waals surface area contributed by atoms with Crippen molar-refractivity contribution in [3.8, 4) is 5.75 Å². The van der Waals surface area contributed by atoms with Crippen molar-refractivity contribution in [1.82, 2.24) is 10.2 Å². The van der Waals surface area contributed by atoms with Gasteiger partial charge in [0, 0.05) is 18.3 Å². The smallest absolute Gasteiger partial charge is 0.319 e. The maximum atomic E-state index is 12.2. The molecule has 0 radical (unpaired) electrons. The molecule has 1 heterocycles. The molecule has 3 rings (SSSR count). The number of nitrogens with one attached hydrogen (secondary N) is 2. The maximum absolute atomic E-state index is 12.2. The van der Waals surface area contributed by atoms with Gasteiger partial charge in [-0.25, -0.2) is 4.79 Å². The average molecular weight is 317 g/mol. The predicted octanol–water partition coefficient (Wildman–Crippen LogP) is 2.36. The van der Waals surface area contributed by atoms with Crippen molar-refractivity contribution in [1.29, 1.82) is 0 Å². The fraction of sp³-hybridized carbons (Fsp3) is 0.529. The number of likely N-dealkylation sites (tertiary alicyclic amines) is 1. The Kier molecular flexibility index (Phi) is 4.41. The van der Waals surface area contributed by atoms with Gasteiger partial charge in [-0.15, -0.1) is 0 Å². The Morgan fingerprint density at radius 2 is 1.91 bits per heavy atom. The van der Waals surface area contributed by atoms with E-state index in [0.717, 1.165) is 25.1 Å². The first kappa shape index (κ1) is 15.6. The number of hydrogen-bond donors (Lipinski definition) is 2. The van der Waals surface area contributed by atoms with E-state index in [4.69, 9.17) is 4.74 Å². The van der Waals surface area contributed by atoms with Crippen molar-refractivity contribution in [2.24, 2.45) is 0 Å². The molecule has 1 saturated heterocycles. The lowest BCUT2D eigenvalue weighted by atomic mass is 10.2. The van der Waals surface area contributed by atoms with Gasteiger partial charge in [0.2, 0.25) is 5.91 Å². The second-order valence-electron chi connectivity index (χ2n) is 6.39. The maximum Gasteiger partial charge on any atom is 0.319 e. The molecule has 2 aliphatic rings. The van der Waals surface area contributed by atoms with E-state index in [1.807, 2.05) is 30.9 Å². The summed E-state index contributed by atoms with van der Waals surface area (Å²) in [5, 5.41) is 5.52. The third kappa shape index (κ3) is 3.94. The van der Waals surface area contributed by atoms with Gasteiger partial charge in [0.1, 0.15) is 11.8 Å².